The molecule has 0 aliphatic rings. The largest absolute Gasteiger partial charge is 0.507 e. The van der Waals surface area contributed by atoms with Crippen LogP contribution in [0.15, 0.2) is 53.6 Å². The normalized spacial score (nSPS) is 11.0. The monoisotopic (exact) mass is 334 g/mol. The molecular weight excluding hydrogens is 316 g/mol. The van der Waals surface area contributed by atoms with Crippen molar-refractivity contribution in [2.75, 3.05) is 0 Å². The third kappa shape index (κ3) is 3.74. The maximum Gasteiger partial charge on any atom is 0.289 e. The summed E-state index contributed by atoms with van der Waals surface area (Å²) in [6.07, 6.45) is 1.53. The van der Waals surface area contributed by atoms with Gasteiger partial charge in [0.25, 0.3) is 5.91 Å². The molecule has 1 aromatic heterocycles. The summed E-state index contributed by atoms with van der Waals surface area (Å²) in [5.41, 5.74) is 6.72. The van der Waals surface area contributed by atoms with Gasteiger partial charge in [0.2, 0.25) is 0 Å². The molecule has 0 radical (unpaired) electrons. The first-order valence-corrected chi connectivity index (χ1v) is 7.79. The van der Waals surface area contributed by atoms with E-state index in [1.165, 1.54) is 6.21 Å². The van der Waals surface area contributed by atoms with E-state index in [0.29, 0.717) is 11.4 Å². The first kappa shape index (κ1) is 16.4. The molecule has 0 aliphatic heterocycles. The fourth-order valence-corrected chi connectivity index (χ4v) is 2.48. The van der Waals surface area contributed by atoms with E-state index in [1.54, 1.807) is 18.2 Å². The molecule has 0 saturated heterocycles. The third-order valence-electron chi connectivity index (χ3n) is 3.79. The van der Waals surface area contributed by atoms with Gasteiger partial charge in [-0.3, -0.25) is 9.89 Å². The number of phenolic OH excluding ortho intramolecular Hbond substituents is 1. The predicted octanol–water partition coefficient (Wildman–Crippen LogP) is 3.16. The standard InChI is InChI=1S/C19H18N4O2/c1-12-8-14(9-13(2)18(12)24)11-20-23-19(25)17-10-16(21-22-17)15-6-4-3-5-7-15/h3-11,24H,1-2H3,(H,21,22)(H,23,25)/b20-11+. The van der Waals surface area contributed by atoms with Crippen LogP contribution in [0.5, 0.6) is 5.75 Å². The third-order valence-corrected chi connectivity index (χ3v) is 3.79. The molecule has 3 N–H and O–H groups in total. The molecule has 0 unspecified atom stereocenters. The van der Waals surface area contributed by atoms with Crippen molar-refractivity contribution in [2.24, 2.45) is 5.10 Å². The number of hydrazone groups is 1. The van der Waals surface area contributed by atoms with E-state index in [0.717, 1.165) is 22.3 Å². The van der Waals surface area contributed by atoms with Crippen molar-refractivity contribution in [3.63, 3.8) is 0 Å². The van der Waals surface area contributed by atoms with Gasteiger partial charge in [-0.05, 0) is 48.7 Å². The van der Waals surface area contributed by atoms with Crippen LogP contribution in [-0.4, -0.2) is 27.4 Å². The molecule has 0 saturated carbocycles. The van der Waals surface area contributed by atoms with Gasteiger partial charge in [0.15, 0.2) is 0 Å². The van der Waals surface area contributed by atoms with E-state index < -0.39 is 0 Å². The van der Waals surface area contributed by atoms with Crippen LogP contribution in [0.1, 0.15) is 27.2 Å². The van der Waals surface area contributed by atoms with Gasteiger partial charge < -0.3 is 5.11 Å². The van der Waals surface area contributed by atoms with Crippen molar-refractivity contribution in [3.8, 4) is 17.0 Å². The van der Waals surface area contributed by atoms with Gasteiger partial charge in [-0.1, -0.05) is 30.3 Å². The summed E-state index contributed by atoms with van der Waals surface area (Å²) in [5, 5.41) is 20.6. The number of rotatable bonds is 4. The number of nitrogens with one attached hydrogen (secondary N) is 2. The van der Waals surface area contributed by atoms with Crippen LogP contribution in [0, 0.1) is 13.8 Å². The number of phenols is 1. The Bertz CT molecular complexity index is 907. The molecule has 0 atom stereocenters. The van der Waals surface area contributed by atoms with Gasteiger partial charge in [-0.25, -0.2) is 5.43 Å². The Morgan fingerprint density at radius 2 is 1.84 bits per heavy atom. The van der Waals surface area contributed by atoms with Crippen molar-refractivity contribution < 1.29 is 9.90 Å². The van der Waals surface area contributed by atoms with E-state index >= 15 is 0 Å². The number of H-pyrrole nitrogens is 1. The zero-order valence-electron chi connectivity index (χ0n) is 13.9. The molecule has 2 aromatic carbocycles. The molecule has 126 valence electrons. The molecular formula is C19H18N4O2. The number of aryl methyl sites for hydroxylation is 2. The van der Waals surface area contributed by atoms with Crippen LogP contribution in [0.3, 0.4) is 0 Å². The zero-order valence-corrected chi connectivity index (χ0v) is 13.9. The van der Waals surface area contributed by atoms with E-state index in [1.807, 2.05) is 44.2 Å². The molecule has 1 amide bonds. The summed E-state index contributed by atoms with van der Waals surface area (Å²) in [6.45, 7) is 3.63. The molecule has 0 spiro atoms. The number of aromatic hydroxyl groups is 1. The molecule has 0 aliphatic carbocycles. The number of aromatic amines is 1. The van der Waals surface area contributed by atoms with E-state index in [9.17, 15) is 9.90 Å². The maximum atomic E-state index is 12.1. The fraction of sp³-hybridized carbons (Fsp3) is 0.105. The second-order valence-electron chi connectivity index (χ2n) is 5.74. The first-order valence-electron chi connectivity index (χ1n) is 7.79. The quantitative estimate of drug-likeness (QED) is 0.505. The topological polar surface area (TPSA) is 90.4 Å². The van der Waals surface area contributed by atoms with Gasteiger partial charge in [0.1, 0.15) is 11.4 Å². The number of amides is 1. The zero-order chi connectivity index (χ0) is 17.8. The molecule has 0 bridgehead atoms. The van der Waals surface area contributed by atoms with Crippen LogP contribution < -0.4 is 5.43 Å². The van der Waals surface area contributed by atoms with Crippen LogP contribution >= 0.6 is 0 Å². The van der Waals surface area contributed by atoms with Crippen LogP contribution in [0.2, 0.25) is 0 Å². The molecule has 6 heteroatoms. The molecule has 3 aromatic rings. The highest BCUT2D eigenvalue weighted by Crippen LogP contribution is 2.22. The van der Waals surface area contributed by atoms with Crippen molar-refractivity contribution in [1.29, 1.82) is 0 Å². The van der Waals surface area contributed by atoms with E-state index in [4.69, 9.17) is 0 Å². The van der Waals surface area contributed by atoms with Gasteiger partial charge in [0, 0.05) is 5.56 Å². The summed E-state index contributed by atoms with van der Waals surface area (Å²) in [6, 6.07) is 14.9. The summed E-state index contributed by atoms with van der Waals surface area (Å²) < 4.78 is 0. The van der Waals surface area contributed by atoms with E-state index in [-0.39, 0.29) is 11.7 Å². The lowest BCUT2D eigenvalue weighted by atomic mass is 10.1. The highest BCUT2D eigenvalue weighted by molar-refractivity contribution is 5.94. The average Bonchev–Trinajstić information content (AvgIpc) is 3.10. The lowest BCUT2D eigenvalue weighted by molar-refractivity contribution is 0.0950. The highest BCUT2D eigenvalue weighted by Gasteiger charge is 2.10. The Hall–Kier alpha value is -3.41. The Balaban J connectivity index is 1.68. The van der Waals surface area contributed by atoms with Gasteiger partial charge in [-0.2, -0.15) is 10.2 Å². The van der Waals surface area contributed by atoms with Crippen molar-refractivity contribution in [3.05, 3.63) is 70.9 Å². The number of carbonyl (C=O) groups excluding carboxylic acids is 1. The highest BCUT2D eigenvalue weighted by atomic mass is 16.3. The average molecular weight is 334 g/mol. The second kappa shape index (κ2) is 7.00. The Kier molecular flexibility index (Phi) is 4.61. The molecule has 1 heterocycles. The molecule has 25 heavy (non-hydrogen) atoms. The minimum absolute atomic E-state index is 0.270. The summed E-state index contributed by atoms with van der Waals surface area (Å²) >= 11 is 0. The van der Waals surface area contributed by atoms with Crippen LogP contribution in [0.4, 0.5) is 0 Å². The lowest BCUT2D eigenvalue weighted by Crippen LogP contribution is -2.18. The number of carbonyl (C=O) groups is 1. The van der Waals surface area contributed by atoms with Gasteiger partial charge in [-0.15, -0.1) is 0 Å². The Labute approximate surface area is 145 Å². The summed E-state index contributed by atoms with van der Waals surface area (Å²) in [7, 11) is 0. The minimum Gasteiger partial charge on any atom is -0.507 e. The number of hydrogen-bond acceptors (Lipinski definition) is 4. The predicted molar refractivity (Wildman–Crippen MR) is 96.7 cm³/mol. The van der Waals surface area contributed by atoms with Gasteiger partial charge in [0.05, 0.1) is 11.9 Å². The summed E-state index contributed by atoms with van der Waals surface area (Å²) in [5.74, 6) is -0.106. The number of benzene rings is 2. The van der Waals surface area contributed by atoms with Crippen molar-refractivity contribution >= 4 is 12.1 Å². The molecule has 6 nitrogen and oxygen atoms in total. The van der Waals surface area contributed by atoms with Crippen LogP contribution in [-0.2, 0) is 0 Å². The minimum atomic E-state index is -0.377. The van der Waals surface area contributed by atoms with Gasteiger partial charge >= 0.3 is 0 Å². The van der Waals surface area contributed by atoms with E-state index in [2.05, 4.69) is 20.7 Å². The second-order valence-corrected chi connectivity index (χ2v) is 5.74. The first-order chi connectivity index (χ1) is 12.0. The smallest absolute Gasteiger partial charge is 0.289 e. The number of hydrogen-bond donors (Lipinski definition) is 3. The Morgan fingerprint density at radius 3 is 2.52 bits per heavy atom. The Morgan fingerprint density at radius 1 is 1.16 bits per heavy atom. The molecule has 3 rings (SSSR count). The van der Waals surface area contributed by atoms with Crippen molar-refractivity contribution in [1.82, 2.24) is 15.6 Å². The maximum absolute atomic E-state index is 12.1. The number of nitrogens with zero attached hydrogens (tertiary/aromatic N) is 2. The SMILES string of the molecule is Cc1cc(/C=N/NC(=O)c2cc(-c3ccccc3)n[nH]2)cc(C)c1O. The summed E-state index contributed by atoms with van der Waals surface area (Å²) in [4.78, 5) is 12.1. The fourth-order valence-electron chi connectivity index (χ4n) is 2.48. The number of aromatic nitrogens is 2. The lowest BCUT2D eigenvalue weighted by Gasteiger charge is -2.04. The van der Waals surface area contributed by atoms with Crippen LogP contribution in [0.25, 0.3) is 11.3 Å². The molecule has 0 fully saturated rings. The van der Waals surface area contributed by atoms with Crippen molar-refractivity contribution in [2.45, 2.75) is 13.8 Å².